The van der Waals surface area contributed by atoms with Gasteiger partial charge < -0.3 is 16.4 Å². The number of nitrogens with two attached hydrogens (primary N) is 1. The number of nitrogens with zero attached hydrogens (tertiary/aromatic N) is 2. The molecule has 0 aromatic carbocycles. The lowest BCUT2D eigenvalue weighted by Gasteiger charge is -2.23. The largest absolute Gasteiger partial charge is 0.382 e. The fraction of sp³-hybridized carbons (Fsp3) is 0.462. The van der Waals surface area contributed by atoms with Crippen molar-refractivity contribution >= 4 is 39.5 Å². The molecule has 1 fully saturated rings. The molecule has 3 rings (SSSR count). The summed E-state index contributed by atoms with van der Waals surface area (Å²) in [6.07, 6.45) is 4.03. The van der Waals surface area contributed by atoms with Crippen LogP contribution in [0.15, 0.2) is 11.6 Å². The zero-order valence-electron chi connectivity index (χ0n) is 11.8. The normalized spacial score (nSPS) is 15.0. The summed E-state index contributed by atoms with van der Waals surface area (Å²) in [6, 6.07) is 0.484. The molecule has 2 aromatic rings. The Kier molecular flexibility index (Phi) is 3.58. The van der Waals surface area contributed by atoms with Gasteiger partial charge in [0.2, 0.25) is 0 Å². The first kappa shape index (κ1) is 14.3. The number of rotatable bonds is 5. The van der Waals surface area contributed by atoms with Crippen LogP contribution in [0.3, 0.4) is 0 Å². The molecule has 1 aliphatic carbocycles. The van der Waals surface area contributed by atoms with Gasteiger partial charge >= 0.3 is 0 Å². The zero-order valence-corrected chi connectivity index (χ0v) is 13.5. The lowest BCUT2D eigenvalue weighted by Crippen LogP contribution is -2.40. The minimum atomic E-state index is -0.536. The third-order valence-electron chi connectivity index (χ3n) is 3.16. The molecule has 0 bridgehead atoms. The van der Waals surface area contributed by atoms with Crippen LogP contribution in [0, 0.1) is 0 Å². The number of carbonyl (C=O) groups is 1. The predicted octanol–water partition coefficient (Wildman–Crippen LogP) is 2.42. The highest BCUT2D eigenvalue weighted by atomic mass is 32.1. The van der Waals surface area contributed by atoms with E-state index in [9.17, 15) is 4.79 Å². The lowest BCUT2D eigenvalue weighted by atomic mass is 10.1. The van der Waals surface area contributed by atoms with Crippen LogP contribution in [0.2, 0.25) is 0 Å². The molecule has 6 nitrogen and oxygen atoms in total. The number of hydrogen-bond donors (Lipinski definition) is 3. The van der Waals surface area contributed by atoms with Gasteiger partial charge in [-0.25, -0.2) is 9.97 Å². The molecule has 0 unspecified atom stereocenters. The van der Waals surface area contributed by atoms with Crippen LogP contribution in [0.5, 0.6) is 0 Å². The quantitative estimate of drug-likeness (QED) is 0.786. The molecule has 112 valence electrons. The van der Waals surface area contributed by atoms with Gasteiger partial charge in [-0.3, -0.25) is 4.79 Å². The molecule has 21 heavy (non-hydrogen) atoms. The van der Waals surface area contributed by atoms with Gasteiger partial charge in [-0.1, -0.05) is 11.3 Å². The van der Waals surface area contributed by atoms with Crippen molar-refractivity contribution in [1.82, 2.24) is 15.3 Å². The molecule has 8 heteroatoms. The van der Waals surface area contributed by atoms with Gasteiger partial charge in [0.1, 0.15) is 15.7 Å². The monoisotopic (exact) mass is 323 g/mol. The maximum atomic E-state index is 12.4. The fourth-order valence-corrected chi connectivity index (χ4v) is 3.46. The maximum Gasteiger partial charge on any atom is 0.266 e. The second-order valence-corrected chi connectivity index (χ2v) is 7.46. The Labute approximate surface area is 130 Å². The highest BCUT2D eigenvalue weighted by molar-refractivity contribution is 7.18. The standard InChI is InChI=1S/C13H17N5OS2/c1-13(2,11-15-5-6-20-11)18-10(19)8-9(14)17-12(21-8)16-7-3-4-7/h5-7H,3-4,14H2,1-2H3,(H,16,17)(H,18,19). The van der Waals surface area contributed by atoms with Gasteiger partial charge in [-0.2, -0.15) is 0 Å². The highest BCUT2D eigenvalue weighted by Gasteiger charge is 2.29. The van der Waals surface area contributed by atoms with Crippen LogP contribution in [0.4, 0.5) is 10.9 Å². The Hall–Kier alpha value is -1.67. The van der Waals surface area contributed by atoms with Crippen LogP contribution < -0.4 is 16.4 Å². The van der Waals surface area contributed by atoms with E-state index in [0.29, 0.717) is 16.1 Å². The van der Waals surface area contributed by atoms with E-state index in [1.165, 1.54) is 22.7 Å². The summed E-state index contributed by atoms with van der Waals surface area (Å²) >= 11 is 2.81. The molecule has 1 saturated carbocycles. The number of anilines is 2. The molecule has 4 N–H and O–H groups in total. The van der Waals surface area contributed by atoms with Crippen molar-refractivity contribution < 1.29 is 4.79 Å². The van der Waals surface area contributed by atoms with E-state index in [-0.39, 0.29) is 11.7 Å². The van der Waals surface area contributed by atoms with Crippen LogP contribution >= 0.6 is 22.7 Å². The molecule has 0 saturated heterocycles. The van der Waals surface area contributed by atoms with Gasteiger partial charge in [0.15, 0.2) is 5.13 Å². The second kappa shape index (κ2) is 5.27. The number of thiazole rings is 2. The third kappa shape index (κ3) is 3.16. The molecule has 1 aliphatic rings. The van der Waals surface area contributed by atoms with Crippen LogP contribution in [0.25, 0.3) is 0 Å². The first-order valence-electron chi connectivity index (χ1n) is 6.71. The van der Waals surface area contributed by atoms with Crippen molar-refractivity contribution in [2.24, 2.45) is 0 Å². The van der Waals surface area contributed by atoms with E-state index < -0.39 is 5.54 Å². The van der Waals surface area contributed by atoms with Crippen molar-refractivity contribution in [3.05, 3.63) is 21.5 Å². The highest BCUT2D eigenvalue weighted by Crippen LogP contribution is 2.31. The first-order valence-corrected chi connectivity index (χ1v) is 8.40. The topological polar surface area (TPSA) is 92.9 Å². The van der Waals surface area contributed by atoms with Crippen LogP contribution in [-0.2, 0) is 5.54 Å². The summed E-state index contributed by atoms with van der Waals surface area (Å²) in [5.74, 6) is 0.0598. The number of aromatic nitrogens is 2. The Morgan fingerprint density at radius 3 is 2.86 bits per heavy atom. The minimum Gasteiger partial charge on any atom is -0.382 e. The molecule has 2 heterocycles. The maximum absolute atomic E-state index is 12.4. The Morgan fingerprint density at radius 2 is 2.24 bits per heavy atom. The number of nitrogen functional groups attached to an aromatic ring is 1. The second-order valence-electron chi connectivity index (χ2n) is 5.57. The number of nitrogens with one attached hydrogen (secondary N) is 2. The van der Waals surface area contributed by atoms with E-state index in [4.69, 9.17) is 5.73 Å². The van der Waals surface area contributed by atoms with Crippen LogP contribution in [-0.4, -0.2) is 21.9 Å². The molecular weight excluding hydrogens is 306 g/mol. The van der Waals surface area contributed by atoms with Crippen molar-refractivity contribution in [3.8, 4) is 0 Å². The summed E-state index contributed by atoms with van der Waals surface area (Å²) in [5, 5.41) is 9.69. The zero-order chi connectivity index (χ0) is 15.0. The first-order chi connectivity index (χ1) is 9.95. The van der Waals surface area contributed by atoms with Gasteiger partial charge in [0.05, 0.1) is 5.54 Å². The molecule has 2 aromatic heterocycles. The summed E-state index contributed by atoms with van der Waals surface area (Å²) < 4.78 is 0. The lowest BCUT2D eigenvalue weighted by molar-refractivity contribution is 0.0917. The Balaban J connectivity index is 1.74. The average Bonchev–Trinajstić information content (AvgIpc) is 2.91. The van der Waals surface area contributed by atoms with E-state index in [2.05, 4.69) is 20.6 Å². The van der Waals surface area contributed by atoms with Crippen LogP contribution in [0.1, 0.15) is 41.4 Å². The van der Waals surface area contributed by atoms with Crippen molar-refractivity contribution in [3.63, 3.8) is 0 Å². The molecule has 0 radical (unpaired) electrons. The molecule has 0 spiro atoms. The Morgan fingerprint density at radius 1 is 1.48 bits per heavy atom. The number of carbonyl (C=O) groups excluding carboxylic acids is 1. The van der Waals surface area contributed by atoms with E-state index in [1.54, 1.807) is 6.20 Å². The summed E-state index contributed by atoms with van der Waals surface area (Å²) in [4.78, 5) is 21.3. The number of amides is 1. The molecular formula is C13H17N5OS2. The third-order valence-corrected chi connectivity index (χ3v) is 5.26. The van der Waals surface area contributed by atoms with E-state index in [1.807, 2.05) is 19.2 Å². The molecule has 1 amide bonds. The van der Waals surface area contributed by atoms with E-state index in [0.717, 1.165) is 17.8 Å². The predicted molar refractivity (Wildman–Crippen MR) is 85.8 cm³/mol. The summed E-state index contributed by atoms with van der Waals surface area (Å²) in [6.45, 7) is 3.84. The van der Waals surface area contributed by atoms with Gasteiger partial charge in [-0.05, 0) is 26.7 Å². The summed E-state index contributed by atoms with van der Waals surface area (Å²) in [7, 11) is 0. The minimum absolute atomic E-state index is 0.214. The van der Waals surface area contributed by atoms with Gasteiger partial charge in [-0.15, -0.1) is 11.3 Å². The number of hydrogen-bond acceptors (Lipinski definition) is 7. The average molecular weight is 323 g/mol. The Bertz CT molecular complexity index is 646. The van der Waals surface area contributed by atoms with E-state index >= 15 is 0 Å². The smallest absolute Gasteiger partial charge is 0.266 e. The fourth-order valence-electron chi connectivity index (χ4n) is 1.88. The van der Waals surface area contributed by atoms with Crippen molar-refractivity contribution in [2.75, 3.05) is 11.1 Å². The SMILES string of the molecule is CC(C)(NC(=O)c1sc(NC2CC2)nc1N)c1nccs1. The van der Waals surface area contributed by atoms with Gasteiger partial charge in [0, 0.05) is 17.6 Å². The summed E-state index contributed by atoms with van der Waals surface area (Å²) in [5.41, 5.74) is 5.33. The molecule has 0 atom stereocenters. The molecule has 0 aliphatic heterocycles. The van der Waals surface area contributed by atoms with Crippen molar-refractivity contribution in [1.29, 1.82) is 0 Å². The van der Waals surface area contributed by atoms with Gasteiger partial charge in [0.25, 0.3) is 5.91 Å². The van der Waals surface area contributed by atoms with Crippen molar-refractivity contribution in [2.45, 2.75) is 38.3 Å².